The number of aromatic nitrogens is 3. The molecule has 1 amide bonds. The Bertz CT molecular complexity index is 1470. The molecule has 2 aromatic carbocycles. The molecule has 4 aromatic rings. The van der Waals surface area contributed by atoms with Crippen molar-refractivity contribution in [3.63, 3.8) is 0 Å². The Kier molecular flexibility index (Phi) is 9.06. The molecule has 1 N–H and O–H groups in total. The minimum atomic E-state index is -0.141. The van der Waals surface area contributed by atoms with Crippen LogP contribution in [-0.4, -0.2) is 62.4 Å². The lowest BCUT2D eigenvalue weighted by Gasteiger charge is -2.26. The number of hydrogen-bond acceptors (Lipinski definition) is 5. The summed E-state index contributed by atoms with van der Waals surface area (Å²) in [6.07, 6.45) is 4.94. The van der Waals surface area contributed by atoms with E-state index < -0.39 is 0 Å². The SMILES string of the molecule is CCCCCn1c(-c2ccc(C(=O)NCCN3CCSCC3)cc2)cc(=O)n2cc(-c3ccc(Cl)cc3)nc12. The van der Waals surface area contributed by atoms with Crippen molar-refractivity contribution in [3.8, 4) is 22.5 Å². The van der Waals surface area contributed by atoms with Gasteiger partial charge in [-0.2, -0.15) is 11.8 Å². The average molecular weight is 564 g/mol. The summed E-state index contributed by atoms with van der Waals surface area (Å²) < 4.78 is 3.73. The van der Waals surface area contributed by atoms with Crippen LogP contribution < -0.4 is 10.9 Å². The second kappa shape index (κ2) is 12.9. The Morgan fingerprint density at radius 3 is 2.44 bits per heavy atom. The van der Waals surface area contributed by atoms with Crippen molar-refractivity contribution < 1.29 is 4.79 Å². The molecule has 0 radical (unpaired) electrons. The van der Waals surface area contributed by atoms with Crippen molar-refractivity contribution >= 4 is 35.0 Å². The van der Waals surface area contributed by atoms with Crippen LogP contribution >= 0.6 is 23.4 Å². The molecular formula is C30H34ClN5O2S. The molecule has 0 atom stereocenters. The number of halogens is 1. The number of carbonyl (C=O) groups excluding carboxylic acids is 1. The van der Waals surface area contributed by atoms with Gasteiger partial charge in [0.05, 0.1) is 11.4 Å². The highest BCUT2D eigenvalue weighted by Gasteiger charge is 2.16. The monoisotopic (exact) mass is 563 g/mol. The van der Waals surface area contributed by atoms with Gasteiger partial charge in [-0.15, -0.1) is 0 Å². The molecule has 5 rings (SSSR count). The number of fused-ring (bicyclic) bond motifs is 1. The molecule has 204 valence electrons. The predicted molar refractivity (Wildman–Crippen MR) is 161 cm³/mol. The number of benzene rings is 2. The second-order valence-corrected chi connectivity index (χ2v) is 11.5. The molecular weight excluding hydrogens is 530 g/mol. The molecule has 0 bridgehead atoms. The number of rotatable bonds is 10. The summed E-state index contributed by atoms with van der Waals surface area (Å²) in [6, 6.07) is 16.6. The Morgan fingerprint density at radius 2 is 1.72 bits per heavy atom. The van der Waals surface area contributed by atoms with Crippen molar-refractivity contribution in [1.82, 2.24) is 24.2 Å². The van der Waals surface area contributed by atoms with Crippen LogP contribution in [0.5, 0.6) is 0 Å². The van der Waals surface area contributed by atoms with Gasteiger partial charge in [0.25, 0.3) is 11.5 Å². The highest BCUT2D eigenvalue weighted by Crippen LogP contribution is 2.25. The van der Waals surface area contributed by atoms with E-state index >= 15 is 0 Å². The number of carbonyl (C=O) groups is 1. The van der Waals surface area contributed by atoms with E-state index in [2.05, 4.69) is 21.7 Å². The molecule has 1 saturated heterocycles. The van der Waals surface area contributed by atoms with Crippen molar-refractivity contribution in [1.29, 1.82) is 0 Å². The summed E-state index contributed by atoms with van der Waals surface area (Å²) in [5.41, 5.74) is 3.77. The fourth-order valence-corrected chi connectivity index (χ4v) is 5.99. The summed E-state index contributed by atoms with van der Waals surface area (Å²) >= 11 is 8.05. The number of unbranched alkanes of at least 4 members (excludes halogenated alkanes) is 2. The molecule has 3 heterocycles. The van der Waals surface area contributed by atoms with Crippen LogP contribution in [0, 0.1) is 0 Å². The first kappa shape index (κ1) is 27.5. The summed E-state index contributed by atoms with van der Waals surface area (Å²) in [6.45, 7) is 6.58. The zero-order valence-electron chi connectivity index (χ0n) is 22.2. The maximum atomic E-state index is 13.2. The molecule has 1 fully saturated rings. The number of nitrogens with one attached hydrogen (secondary N) is 1. The predicted octanol–water partition coefficient (Wildman–Crippen LogP) is 5.45. The number of nitrogens with zero attached hydrogens (tertiary/aromatic N) is 4. The van der Waals surface area contributed by atoms with E-state index in [9.17, 15) is 9.59 Å². The summed E-state index contributed by atoms with van der Waals surface area (Å²) in [5.74, 6) is 2.85. The van der Waals surface area contributed by atoms with Gasteiger partial charge < -0.3 is 9.88 Å². The largest absolute Gasteiger partial charge is 0.351 e. The minimum Gasteiger partial charge on any atom is -0.351 e. The van der Waals surface area contributed by atoms with Crippen LogP contribution in [0.4, 0.5) is 0 Å². The Hall–Kier alpha value is -3.07. The highest BCUT2D eigenvalue weighted by molar-refractivity contribution is 7.99. The van der Waals surface area contributed by atoms with Gasteiger partial charge in [0.2, 0.25) is 5.78 Å². The maximum absolute atomic E-state index is 13.2. The van der Waals surface area contributed by atoms with E-state index in [1.165, 1.54) is 0 Å². The van der Waals surface area contributed by atoms with Gasteiger partial charge in [-0.05, 0) is 36.2 Å². The molecule has 0 spiro atoms. The third kappa shape index (κ3) is 6.57. The maximum Gasteiger partial charge on any atom is 0.259 e. The topological polar surface area (TPSA) is 71.6 Å². The molecule has 39 heavy (non-hydrogen) atoms. The van der Waals surface area contributed by atoms with Gasteiger partial charge in [-0.25, -0.2) is 4.98 Å². The fraction of sp³-hybridized carbons (Fsp3) is 0.367. The lowest BCUT2D eigenvalue weighted by Crippen LogP contribution is -2.39. The smallest absolute Gasteiger partial charge is 0.259 e. The lowest BCUT2D eigenvalue weighted by molar-refractivity contribution is 0.0949. The Balaban J connectivity index is 1.40. The number of aryl methyl sites for hydroxylation is 1. The number of thioether (sulfide) groups is 1. The fourth-order valence-electron chi connectivity index (χ4n) is 4.88. The van der Waals surface area contributed by atoms with E-state index in [1.807, 2.05) is 60.3 Å². The molecule has 7 nitrogen and oxygen atoms in total. The van der Waals surface area contributed by atoms with Crippen LogP contribution in [0.2, 0.25) is 5.02 Å². The number of amides is 1. The van der Waals surface area contributed by atoms with Crippen LogP contribution in [0.25, 0.3) is 28.3 Å². The van der Waals surface area contributed by atoms with Gasteiger partial charge in [0.1, 0.15) is 0 Å². The lowest BCUT2D eigenvalue weighted by atomic mass is 10.1. The zero-order chi connectivity index (χ0) is 27.2. The molecule has 9 heteroatoms. The molecule has 2 aromatic heterocycles. The van der Waals surface area contributed by atoms with E-state index in [-0.39, 0.29) is 11.5 Å². The highest BCUT2D eigenvalue weighted by atomic mass is 35.5. The number of imidazole rings is 1. The molecule has 0 saturated carbocycles. The van der Waals surface area contributed by atoms with Crippen LogP contribution in [0.3, 0.4) is 0 Å². The van der Waals surface area contributed by atoms with Crippen LogP contribution in [-0.2, 0) is 6.54 Å². The van der Waals surface area contributed by atoms with Crippen molar-refractivity contribution in [2.75, 3.05) is 37.7 Å². The van der Waals surface area contributed by atoms with Crippen molar-refractivity contribution in [3.05, 3.63) is 81.7 Å². The molecule has 0 unspecified atom stereocenters. The van der Waals surface area contributed by atoms with Gasteiger partial charge in [0.15, 0.2) is 0 Å². The second-order valence-electron chi connectivity index (χ2n) is 9.82. The van der Waals surface area contributed by atoms with E-state index in [4.69, 9.17) is 16.6 Å². The Labute approximate surface area is 238 Å². The van der Waals surface area contributed by atoms with Gasteiger partial charge in [-0.1, -0.05) is 55.6 Å². The molecule has 0 aliphatic carbocycles. The summed E-state index contributed by atoms with van der Waals surface area (Å²) in [5, 5.41) is 3.70. The minimum absolute atomic E-state index is 0.0791. The van der Waals surface area contributed by atoms with E-state index in [1.54, 1.807) is 16.7 Å². The number of hydrogen-bond donors (Lipinski definition) is 1. The third-order valence-electron chi connectivity index (χ3n) is 7.10. The first-order valence-corrected chi connectivity index (χ1v) is 15.1. The first-order valence-electron chi connectivity index (χ1n) is 13.6. The molecule has 1 aliphatic rings. The van der Waals surface area contributed by atoms with Gasteiger partial charge >= 0.3 is 0 Å². The van der Waals surface area contributed by atoms with Crippen molar-refractivity contribution in [2.45, 2.75) is 32.7 Å². The van der Waals surface area contributed by atoms with Crippen LogP contribution in [0.15, 0.2) is 65.6 Å². The van der Waals surface area contributed by atoms with Crippen LogP contribution in [0.1, 0.15) is 36.5 Å². The Morgan fingerprint density at radius 1 is 1.00 bits per heavy atom. The van der Waals surface area contributed by atoms with E-state index in [0.717, 1.165) is 79.5 Å². The van der Waals surface area contributed by atoms with Gasteiger partial charge in [0, 0.05) is 72.6 Å². The van der Waals surface area contributed by atoms with E-state index in [0.29, 0.717) is 22.9 Å². The van der Waals surface area contributed by atoms with Gasteiger partial charge in [-0.3, -0.25) is 18.9 Å². The third-order valence-corrected chi connectivity index (χ3v) is 8.30. The zero-order valence-corrected chi connectivity index (χ0v) is 23.8. The standard InChI is InChI=1S/C30H34ClN5O2S/c1-2-3-4-14-35-27(20-28(37)36-21-26(33-30(35)36)22-9-11-25(31)12-10-22)23-5-7-24(8-6-23)29(38)32-13-15-34-16-18-39-19-17-34/h5-12,20-21H,2-4,13-19H2,1H3,(H,32,38). The summed E-state index contributed by atoms with van der Waals surface area (Å²) in [7, 11) is 0. The quantitative estimate of drug-likeness (QED) is 0.260. The van der Waals surface area contributed by atoms with Crippen molar-refractivity contribution in [2.24, 2.45) is 0 Å². The normalized spacial score (nSPS) is 14.1. The first-order chi connectivity index (χ1) is 19.0. The molecule has 1 aliphatic heterocycles. The summed E-state index contributed by atoms with van der Waals surface area (Å²) in [4.78, 5) is 33.2. The average Bonchev–Trinajstić information content (AvgIpc) is 3.41.